The predicted molar refractivity (Wildman–Crippen MR) is 416 cm³/mol. The van der Waals surface area contributed by atoms with Crippen molar-refractivity contribution in [3.8, 4) is 50.8 Å². The minimum atomic E-state index is -0.377. The fourth-order valence-electron chi connectivity index (χ4n) is 14.8. The summed E-state index contributed by atoms with van der Waals surface area (Å²) in [6.07, 6.45) is 22.9. The minimum absolute atomic E-state index is 0.00625. The van der Waals surface area contributed by atoms with E-state index in [9.17, 15) is 43.2 Å². The van der Waals surface area contributed by atoms with Crippen molar-refractivity contribution in [2.45, 2.75) is 172 Å². The summed E-state index contributed by atoms with van der Waals surface area (Å²) in [5.41, 5.74) is 17.8. The van der Waals surface area contributed by atoms with Gasteiger partial charge in [-0.3, -0.25) is 48.3 Å². The number of nitrogens with zero attached hydrogens (tertiary/aromatic N) is 2. The fraction of sp³-hybridized carbons (Fsp3) is 0.476. The van der Waals surface area contributed by atoms with E-state index < -0.39 is 0 Å². The first kappa shape index (κ1) is 79.3. The number of benzene rings is 2. The molecule has 26 heteroatoms. The number of carbonyl (C=O) groups excluding carboxylic acids is 9. The van der Waals surface area contributed by atoms with E-state index in [1.165, 1.54) is 19.1 Å². The van der Waals surface area contributed by atoms with Crippen LogP contribution in [0.15, 0.2) is 86.2 Å². The van der Waals surface area contributed by atoms with E-state index >= 15 is 0 Å². The lowest BCUT2D eigenvalue weighted by molar-refractivity contribution is -0.122. The van der Waals surface area contributed by atoms with Crippen LogP contribution >= 0.6 is 11.8 Å². The van der Waals surface area contributed by atoms with E-state index in [1.54, 1.807) is 6.07 Å². The highest BCUT2D eigenvalue weighted by molar-refractivity contribution is 8.00. The molecule has 7 heterocycles. The van der Waals surface area contributed by atoms with Gasteiger partial charge >= 0.3 is 6.03 Å². The summed E-state index contributed by atoms with van der Waals surface area (Å²) in [4.78, 5) is 126. The molecule has 3 atom stereocenters. The number of Topliss-reactive ketones (excluding diaryl/α,β-unsaturated/α-hetero) is 2. The molecule has 0 bridgehead atoms. The van der Waals surface area contributed by atoms with Crippen LogP contribution in [0.5, 0.6) is 5.75 Å². The molecule has 8 amide bonds. The number of H-pyrrole nitrogens is 2. The Bertz CT molecular complexity index is 4260. The number of ketones is 2. The van der Waals surface area contributed by atoms with E-state index in [2.05, 4.69) is 71.7 Å². The van der Waals surface area contributed by atoms with E-state index in [0.717, 1.165) is 210 Å². The minimum Gasteiger partial charge on any atom is -0.491 e. The number of aryl methyl sites for hydroxylation is 4. The predicted octanol–water partition coefficient (Wildman–Crippen LogP) is 10.3. The summed E-state index contributed by atoms with van der Waals surface area (Å²) in [6, 6.07) is 16.0. The third kappa shape index (κ3) is 21.8. The Hall–Kier alpha value is -9.76. The van der Waals surface area contributed by atoms with Gasteiger partial charge in [0.1, 0.15) is 11.5 Å². The molecule has 2 aromatic carbocycles. The van der Waals surface area contributed by atoms with Crippen molar-refractivity contribution in [2.24, 2.45) is 0 Å². The van der Waals surface area contributed by atoms with Gasteiger partial charge in [0.15, 0.2) is 5.78 Å². The van der Waals surface area contributed by atoms with E-state index in [4.69, 9.17) is 28.9 Å². The largest absolute Gasteiger partial charge is 0.491 e. The van der Waals surface area contributed by atoms with Crippen molar-refractivity contribution >= 4 is 76.2 Å². The summed E-state index contributed by atoms with van der Waals surface area (Å²) < 4.78 is 22.8. The molecule has 12 rings (SSSR count). The summed E-state index contributed by atoms with van der Waals surface area (Å²) >= 11 is 1.90. The van der Waals surface area contributed by atoms with E-state index in [0.29, 0.717) is 128 Å². The number of thioether (sulfide) groups is 1. The Morgan fingerprint density at radius 2 is 1.18 bits per heavy atom. The van der Waals surface area contributed by atoms with Crippen LogP contribution in [0.4, 0.5) is 16.2 Å². The molecule has 0 unspecified atom stereocenters. The average molecular weight is 1500 g/mol. The number of fused-ring (bicyclic) bond motifs is 11. The number of anilines is 2. The number of unbranched alkanes of at least 4 members (excludes halogenated alkanes) is 3. The number of nitrogens with one attached hydrogen (secondary N) is 10. The van der Waals surface area contributed by atoms with Gasteiger partial charge in [0.05, 0.1) is 73.5 Å². The summed E-state index contributed by atoms with van der Waals surface area (Å²) in [5.74, 6) is 1.07. The van der Waals surface area contributed by atoms with Crippen LogP contribution in [-0.4, -0.2) is 168 Å². The SMILES string of the molecule is C=CC(=O)Nc1cc(-c2cc3c(cn2)CCc2c-3[nH]c3c2C(=O)CCC3)ccc1OCCCNC(=O)CCCC(=O)CCCCOCCOCCOCCCNC(=O)CCCC[C@H]1SC[C@H]2NC(=O)N[C@H]21.C=CC(=O)Nc1cc(-c2cc3c(cn2)CCc2c-3[nH]c3c2C(=O)NCC3)ccc1CCCCNC(C)=O. The van der Waals surface area contributed by atoms with Crippen molar-refractivity contribution in [3.63, 3.8) is 0 Å². The smallest absolute Gasteiger partial charge is 0.315 e. The van der Waals surface area contributed by atoms with Crippen molar-refractivity contribution in [3.05, 3.63) is 137 Å². The number of urea groups is 1. The number of aromatic amines is 2. The van der Waals surface area contributed by atoms with Crippen LogP contribution in [-0.2, 0) is 87.9 Å². The highest BCUT2D eigenvalue weighted by Crippen LogP contribution is 2.43. The molecule has 0 radical (unpaired) electrons. The quantitative estimate of drug-likeness (QED) is 0.00971. The number of amides is 8. The van der Waals surface area contributed by atoms with Gasteiger partial charge in [0, 0.05) is 159 Å². The second kappa shape index (κ2) is 39.9. The maximum atomic E-state index is 12.8. The Balaban J connectivity index is 0.000000261. The topological polar surface area (TPSA) is 344 Å². The standard InChI is InChI=1S/C53H71N7O10S.C29H31N5O3/c1-2-47(63)57-42-31-35(41-32-39-36(33-56-41)18-20-38-50-40(58-51(38)39)13-8-14-44(50)62)19-21-45(42)70-26-10-23-55-49(65)17-7-12-37(61)11-5-6-24-67-27-29-69-30-28-68-25-9-22-54-48(64)16-4-3-15-46-52-43(34-71-46)59-53(66)60-52;1-3-26(36)33-25-14-19(8-7-18(25)6-4-5-12-30-17(2)35)24-15-22-20(16-32-24)9-10-21-27-23(34-28(21)22)11-13-31-29(27)37/h2,19,21,31-33,43,46,52,58H,1,3-18,20,22-30,34H2,(H,54,64)(H,55,65)(H,57,63)(H2,59,60,66);3,7-8,14-16,34H,1,4-6,9-13H2,2H3,(H,30,35)(H,31,37)(H,33,36)/t43-,46-,52-;/m1./s1. The Kier molecular flexibility index (Phi) is 29.3. The molecule has 108 heavy (non-hydrogen) atoms. The molecule has 6 aromatic rings. The van der Waals surface area contributed by atoms with E-state index in [-0.39, 0.29) is 71.5 Å². The molecule has 2 fully saturated rings. The van der Waals surface area contributed by atoms with Crippen LogP contribution in [0.3, 0.4) is 0 Å². The van der Waals surface area contributed by atoms with Gasteiger partial charge in [-0.25, -0.2) is 4.79 Å². The van der Waals surface area contributed by atoms with E-state index in [1.807, 2.05) is 60.6 Å². The van der Waals surface area contributed by atoms with Crippen LogP contribution in [0, 0.1) is 0 Å². The number of carbonyl (C=O) groups is 9. The van der Waals surface area contributed by atoms with Crippen LogP contribution < -0.4 is 47.3 Å². The van der Waals surface area contributed by atoms with Gasteiger partial charge < -0.3 is 71.4 Å². The molecule has 3 aliphatic heterocycles. The summed E-state index contributed by atoms with van der Waals surface area (Å²) in [5, 5.41) is 23.8. The Labute approximate surface area is 635 Å². The van der Waals surface area contributed by atoms with Gasteiger partial charge in [-0.1, -0.05) is 31.7 Å². The third-order valence-corrected chi connectivity index (χ3v) is 21.8. The zero-order valence-electron chi connectivity index (χ0n) is 61.9. The summed E-state index contributed by atoms with van der Waals surface area (Å²) in [7, 11) is 0. The number of ether oxygens (including phenoxy) is 4. The monoisotopic (exact) mass is 1490 g/mol. The highest BCUT2D eigenvalue weighted by Gasteiger charge is 2.43. The number of rotatable bonds is 40. The Morgan fingerprint density at radius 1 is 0.583 bits per heavy atom. The van der Waals surface area contributed by atoms with Crippen molar-refractivity contribution in [2.75, 3.05) is 88.8 Å². The van der Waals surface area contributed by atoms with Crippen LogP contribution in [0.2, 0.25) is 0 Å². The third-order valence-electron chi connectivity index (χ3n) is 20.3. The van der Waals surface area contributed by atoms with Crippen LogP contribution in [0.25, 0.3) is 45.0 Å². The van der Waals surface area contributed by atoms with Crippen molar-refractivity contribution < 1.29 is 62.1 Å². The lowest BCUT2D eigenvalue weighted by Gasteiger charge is -2.19. The zero-order chi connectivity index (χ0) is 75.7. The van der Waals surface area contributed by atoms with Crippen LogP contribution in [0.1, 0.15) is 170 Å². The molecule has 3 aliphatic carbocycles. The van der Waals surface area contributed by atoms with Gasteiger partial charge in [-0.05, 0) is 179 Å². The second-order valence-corrected chi connectivity index (χ2v) is 29.4. The fourth-order valence-corrected chi connectivity index (χ4v) is 16.3. The lowest BCUT2D eigenvalue weighted by Crippen LogP contribution is -2.36. The molecule has 25 nitrogen and oxygen atoms in total. The highest BCUT2D eigenvalue weighted by atomic mass is 32.2. The second-order valence-electron chi connectivity index (χ2n) is 28.1. The van der Waals surface area contributed by atoms with Crippen molar-refractivity contribution in [1.29, 1.82) is 0 Å². The number of aromatic nitrogens is 4. The molecule has 0 saturated carbocycles. The van der Waals surface area contributed by atoms with Crippen molar-refractivity contribution in [1.82, 2.24) is 51.8 Å². The molecule has 574 valence electrons. The molecular formula is C82H102N12O13S. The Morgan fingerprint density at radius 3 is 1.86 bits per heavy atom. The maximum Gasteiger partial charge on any atom is 0.315 e. The molecule has 2 saturated heterocycles. The molecule has 6 aliphatic rings. The zero-order valence-corrected chi connectivity index (χ0v) is 62.7. The summed E-state index contributed by atoms with van der Waals surface area (Å²) in [6.45, 7) is 14.2. The number of hydrogen-bond donors (Lipinski definition) is 10. The first-order valence-corrected chi connectivity index (χ1v) is 39.4. The van der Waals surface area contributed by atoms with Gasteiger partial charge in [0.25, 0.3) is 5.91 Å². The lowest BCUT2D eigenvalue weighted by atomic mass is 9.85. The molecular weight excluding hydrogens is 1390 g/mol. The number of hydrogen-bond acceptors (Lipinski definition) is 16. The first-order valence-electron chi connectivity index (χ1n) is 38.4. The molecule has 4 aromatic heterocycles. The normalized spacial score (nSPS) is 16.2. The average Bonchev–Trinajstić information content (AvgIpc) is 1.59. The first-order chi connectivity index (χ1) is 52.6. The number of pyridine rings is 2. The van der Waals surface area contributed by atoms with Gasteiger partial charge in [-0.15, -0.1) is 0 Å². The maximum absolute atomic E-state index is 12.8. The molecule has 10 N–H and O–H groups in total. The van der Waals surface area contributed by atoms with Gasteiger partial charge in [0.2, 0.25) is 29.5 Å². The molecule has 0 spiro atoms. The van der Waals surface area contributed by atoms with Gasteiger partial charge in [-0.2, -0.15) is 11.8 Å².